The second kappa shape index (κ2) is 5.11. The molecule has 0 spiro atoms. The molecule has 0 amide bonds. The Balaban J connectivity index is 1.96. The third kappa shape index (κ3) is 2.68. The lowest BCUT2D eigenvalue weighted by atomic mass is 10.2. The first-order chi connectivity index (χ1) is 10.4. The van der Waals surface area contributed by atoms with Gasteiger partial charge in [-0.05, 0) is 25.0 Å². The van der Waals surface area contributed by atoms with Gasteiger partial charge in [-0.1, -0.05) is 0 Å². The van der Waals surface area contributed by atoms with Crippen molar-refractivity contribution in [2.45, 2.75) is 24.9 Å². The monoisotopic (exact) mass is 311 g/mol. The van der Waals surface area contributed by atoms with Crippen LogP contribution in [0.1, 0.15) is 40.4 Å². The molecular weight excluding hydrogens is 299 g/mol. The highest BCUT2D eigenvalue weighted by Gasteiger charge is 2.33. The fourth-order valence-electron chi connectivity index (χ4n) is 2.12. The summed E-state index contributed by atoms with van der Waals surface area (Å²) in [6.45, 7) is 0. The summed E-state index contributed by atoms with van der Waals surface area (Å²) in [4.78, 5) is 15.5. The molecule has 1 aliphatic rings. The Labute approximate surface area is 123 Å². The van der Waals surface area contributed by atoms with Gasteiger partial charge in [0.1, 0.15) is 5.56 Å². The first kappa shape index (κ1) is 14.6. The molecule has 116 valence electrons. The summed E-state index contributed by atoms with van der Waals surface area (Å²) in [7, 11) is 1.27. The number of pyridine rings is 1. The first-order valence-corrected chi connectivity index (χ1v) is 6.61. The zero-order valence-electron chi connectivity index (χ0n) is 11.6. The molecule has 1 aliphatic carbocycles. The second-order valence-corrected chi connectivity index (χ2v) is 5.04. The van der Waals surface area contributed by atoms with Crippen LogP contribution in [0.5, 0.6) is 0 Å². The number of esters is 1. The number of methoxy groups -OCH3 is 1. The highest BCUT2D eigenvalue weighted by Crippen LogP contribution is 2.41. The third-order valence-corrected chi connectivity index (χ3v) is 3.42. The number of aromatic nitrogens is 3. The van der Waals surface area contributed by atoms with Crippen LogP contribution in [0.4, 0.5) is 13.2 Å². The Kier molecular flexibility index (Phi) is 3.38. The fraction of sp³-hybridized carbons (Fsp3) is 0.357. The van der Waals surface area contributed by atoms with Gasteiger partial charge in [0.25, 0.3) is 0 Å². The predicted octanol–water partition coefficient (Wildman–Crippen LogP) is 2.95. The van der Waals surface area contributed by atoms with Crippen molar-refractivity contribution in [3.8, 4) is 5.82 Å². The third-order valence-electron chi connectivity index (χ3n) is 3.42. The van der Waals surface area contributed by atoms with Crippen molar-refractivity contribution in [1.82, 2.24) is 14.8 Å². The van der Waals surface area contributed by atoms with Gasteiger partial charge >= 0.3 is 12.1 Å². The molecule has 0 saturated heterocycles. The first-order valence-electron chi connectivity index (χ1n) is 6.61. The van der Waals surface area contributed by atoms with Crippen LogP contribution < -0.4 is 0 Å². The van der Waals surface area contributed by atoms with Gasteiger partial charge in [-0.3, -0.25) is 0 Å². The van der Waals surface area contributed by atoms with Crippen LogP contribution in [0.2, 0.25) is 0 Å². The van der Waals surface area contributed by atoms with E-state index in [2.05, 4.69) is 10.1 Å². The number of carbonyl (C=O) groups excluding carboxylic acids is 1. The standard InChI is InChI=1S/C14H12F3N3O2/c1-22-13(21)10-7-20(19-12(10)8-2-3-8)11-5-4-9(6-18-11)14(15,16)17/h4-8H,2-3H2,1H3. The maximum absolute atomic E-state index is 12.5. The summed E-state index contributed by atoms with van der Waals surface area (Å²) >= 11 is 0. The van der Waals surface area contributed by atoms with Crippen molar-refractivity contribution in [3.05, 3.63) is 41.3 Å². The lowest BCUT2D eigenvalue weighted by molar-refractivity contribution is -0.137. The minimum Gasteiger partial charge on any atom is -0.465 e. The number of hydrogen-bond donors (Lipinski definition) is 0. The Morgan fingerprint density at radius 3 is 2.59 bits per heavy atom. The van der Waals surface area contributed by atoms with Crippen LogP contribution in [0.25, 0.3) is 5.82 Å². The summed E-state index contributed by atoms with van der Waals surface area (Å²) in [6.07, 6.45) is -0.393. The largest absolute Gasteiger partial charge is 0.465 e. The van der Waals surface area contributed by atoms with E-state index in [0.29, 0.717) is 11.3 Å². The van der Waals surface area contributed by atoms with E-state index in [0.717, 1.165) is 25.1 Å². The molecule has 2 aromatic rings. The summed E-state index contributed by atoms with van der Waals surface area (Å²) in [5, 5.41) is 4.28. The summed E-state index contributed by atoms with van der Waals surface area (Å²) in [6, 6.07) is 2.15. The van der Waals surface area contributed by atoms with Crippen LogP contribution in [0.3, 0.4) is 0 Å². The van der Waals surface area contributed by atoms with Crippen molar-refractivity contribution >= 4 is 5.97 Å². The SMILES string of the molecule is COC(=O)c1cn(-c2ccc(C(F)(F)F)cn2)nc1C1CC1. The van der Waals surface area contributed by atoms with Crippen LogP contribution >= 0.6 is 0 Å². The van der Waals surface area contributed by atoms with Crippen molar-refractivity contribution in [2.24, 2.45) is 0 Å². The summed E-state index contributed by atoms with van der Waals surface area (Å²) in [5.74, 6) is -0.102. The number of rotatable bonds is 3. The number of ether oxygens (including phenoxy) is 1. The van der Waals surface area contributed by atoms with Crippen LogP contribution in [-0.4, -0.2) is 27.8 Å². The van der Waals surface area contributed by atoms with Crippen LogP contribution in [0.15, 0.2) is 24.5 Å². The van der Waals surface area contributed by atoms with E-state index in [1.165, 1.54) is 24.1 Å². The molecule has 0 unspecified atom stereocenters. The molecule has 1 fully saturated rings. The Hall–Kier alpha value is -2.38. The number of nitrogens with zero attached hydrogens (tertiary/aromatic N) is 3. The number of hydrogen-bond acceptors (Lipinski definition) is 4. The molecule has 0 atom stereocenters. The van der Waals surface area contributed by atoms with Crippen molar-refractivity contribution in [2.75, 3.05) is 7.11 Å². The molecule has 0 aromatic carbocycles. The van der Waals surface area contributed by atoms with Gasteiger partial charge in [0.2, 0.25) is 0 Å². The average molecular weight is 311 g/mol. The smallest absolute Gasteiger partial charge is 0.417 e. The van der Waals surface area contributed by atoms with E-state index in [9.17, 15) is 18.0 Å². The lowest BCUT2D eigenvalue weighted by Crippen LogP contribution is -2.07. The van der Waals surface area contributed by atoms with Gasteiger partial charge < -0.3 is 4.74 Å². The van der Waals surface area contributed by atoms with E-state index in [1.807, 2.05) is 0 Å². The van der Waals surface area contributed by atoms with Crippen molar-refractivity contribution in [3.63, 3.8) is 0 Å². The minimum atomic E-state index is -4.44. The predicted molar refractivity (Wildman–Crippen MR) is 69.7 cm³/mol. The Morgan fingerprint density at radius 1 is 1.36 bits per heavy atom. The average Bonchev–Trinajstić information content (AvgIpc) is 3.24. The van der Waals surface area contributed by atoms with Gasteiger partial charge in [0.05, 0.1) is 18.4 Å². The molecule has 3 rings (SSSR count). The minimum absolute atomic E-state index is 0.199. The Bertz CT molecular complexity index is 703. The number of alkyl halides is 3. The second-order valence-electron chi connectivity index (χ2n) is 5.04. The van der Waals surface area contributed by atoms with E-state index in [4.69, 9.17) is 4.74 Å². The van der Waals surface area contributed by atoms with Crippen molar-refractivity contribution < 1.29 is 22.7 Å². The van der Waals surface area contributed by atoms with Crippen LogP contribution in [0, 0.1) is 0 Å². The highest BCUT2D eigenvalue weighted by molar-refractivity contribution is 5.90. The van der Waals surface area contributed by atoms with Gasteiger partial charge in [0, 0.05) is 18.3 Å². The molecule has 0 N–H and O–H groups in total. The molecule has 8 heteroatoms. The van der Waals surface area contributed by atoms with E-state index >= 15 is 0 Å². The van der Waals surface area contributed by atoms with E-state index in [-0.39, 0.29) is 11.7 Å². The molecular formula is C14H12F3N3O2. The maximum atomic E-state index is 12.5. The van der Waals surface area contributed by atoms with Crippen LogP contribution in [-0.2, 0) is 10.9 Å². The molecule has 0 bridgehead atoms. The van der Waals surface area contributed by atoms with E-state index in [1.54, 1.807) is 0 Å². The maximum Gasteiger partial charge on any atom is 0.417 e. The van der Waals surface area contributed by atoms with Gasteiger partial charge in [0.15, 0.2) is 5.82 Å². The molecule has 2 aromatic heterocycles. The molecule has 0 radical (unpaired) electrons. The van der Waals surface area contributed by atoms with Gasteiger partial charge in [-0.2, -0.15) is 18.3 Å². The zero-order chi connectivity index (χ0) is 15.9. The van der Waals surface area contributed by atoms with Gasteiger partial charge in [-0.25, -0.2) is 14.5 Å². The number of carbonyl (C=O) groups is 1. The lowest BCUT2D eigenvalue weighted by Gasteiger charge is -2.06. The fourth-order valence-corrected chi connectivity index (χ4v) is 2.12. The van der Waals surface area contributed by atoms with Crippen molar-refractivity contribution in [1.29, 1.82) is 0 Å². The van der Waals surface area contributed by atoms with E-state index < -0.39 is 17.7 Å². The molecule has 22 heavy (non-hydrogen) atoms. The normalized spacial score (nSPS) is 14.9. The quantitative estimate of drug-likeness (QED) is 0.818. The zero-order valence-corrected chi connectivity index (χ0v) is 11.6. The highest BCUT2D eigenvalue weighted by atomic mass is 19.4. The van der Waals surface area contributed by atoms with Gasteiger partial charge in [-0.15, -0.1) is 0 Å². The summed E-state index contributed by atoms with van der Waals surface area (Å²) in [5.41, 5.74) is 0.0965. The Morgan fingerprint density at radius 2 is 2.09 bits per heavy atom. The molecule has 1 saturated carbocycles. The molecule has 2 heterocycles. The summed E-state index contributed by atoms with van der Waals surface area (Å²) < 4.78 is 43.6. The topological polar surface area (TPSA) is 57.0 Å². The molecule has 5 nitrogen and oxygen atoms in total. The number of halogens is 3. The molecule has 0 aliphatic heterocycles.